The molecule has 1 fully saturated rings. The van der Waals surface area contributed by atoms with Gasteiger partial charge in [-0.1, -0.05) is 69.0 Å². The summed E-state index contributed by atoms with van der Waals surface area (Å²) in [7, 11) is 0. The number of halogens is 2. The van der Waals surface area contributed by atoms with E-state index in [9.17, 15) is 9.59 Å². The molecule has 1 saturated carbocycles. The summed E-state index contributed by atoms with van der Waals surface area (Å²) in [5.74, 6) is 1.37. The fourth-order valence-corrected chi connectivity index (χ4v) is 5.01. The van der Waals surface area contributed by atoms with Crippen molar-refractivity contribution in [2.24, 2.45) is 5.92 Å². The van der Waals surface area contributed by atoms with Crippen molar-refractivity contribution in [3.05, 3.63) is 84.1 Å². The Kier molecular flexibility index (Phi) is 9.73. The zero-order valence-corrected chi connectivity index (χ0v) is 22.9. The van der Waals surface area contributed by atoms with E-state index >= 15 is 0 Å². The molecule has 1 N–H and O–H groups in total. The molecule has 1 aromatic heterocycles. The molecule has 0 amide bonds. The van der Waals surface area contributed by atoms with Crippen molar-refractivity contribution in [3.63, 3.8) is 0 Å². The van der Waals surface area contributed by atoms with Gasteiger partial charge in [-0.3, -0.25) is 9.78 Å². The van der Waals surface area contributed by atoms with E-state index in [0.717, 1.165) is 16.7 Å². The van der Waals surface area contributed by atoms with E-state index in [1.165, 1.54) is 49.0 Å². The van der Waals surface area contributed by atoms with Gasteiger partial charge in [0, 0.05) is 0 Å². The lowest BCUT2D eigenvalue weighted by Gasteiger charge is -2.19. The molecule has 9 heteroatoms. The molecule has 0 unspecified atom stereocenters. The number of aromatic nitrogens is 3. The van der Waals surface area contributed by atoms with Crippen LogP contribution in [0.25, 0.3) is 11.3 Å². The molecular formula is C28H30Cl2N4O3. The van der Waals surface area contributed by atoms with Crippen molar-refractivity contribution in [3.8, 4) is 23.3 Å². The second kappa shape index (κ2) is 12.8. The summed E-state index contributed by atoms with van der Waals surface area (Å²) in [6, 6.07) is 10.4. The van der Waals surface area contributed by atoms with Gasteiger partial charge in [0.25, 0.3) is 5.56 Å². The number of rotatable bonds is 6. The van der Waals surface area contributed by atoms with Gasteiger partial charge in [0.05, 0.1) is 15.7 Å². The Labute approximate surface area is 226 Å². The molecule has 4 rings (SSSR count). The molecule has 0 spiro atoms. The lowest BCUT2D eigenvalue weighted by Crippen LogP contribution is -2.33. The highest BCUT2D eigenvalue weighted by molar-refractivity contribution is 6.37. The molecule has 37 heavy (non-hydrogen) atoms. The van der Waals surface area contributed by atoms with Crippen molar-refractivity contribution in [2.45, 2.75) is 59.8 Å². The predicted octanol–water partition coefficient (Wildman–Crippen LogP) is 7.21. The maximum Gasteiger partial charge on any atom is 0.349 e. The van der Waals surface area contributed by atoms with Gasteiger partial charge in [-0.2, -0.15) is 9.94 Å². The lowest BCUT2D eigenvalue weighted by molar-refractivity contribution is 0.482. The summed E-state index contributed by atoms with van der Waals surface area (Å²) >= 11 is 13.0. The van der Waals surface area contributed by atoms with Gasteiger partial charge < -0.3 is 4.74 Å². The molecule has 3 aromatic rings. The first-order valence-electron chi connectivity index (χ1n) is 12.4. The van der Waals surface area contributed by atoms with Crippen LogP contribution in [0.5, 0.6) is 11.5 Å². The largest absolute Gasteiger partial charge is 0.454 e. The third-order valence-corrected chi connectivity index (χ3v) is 6.68. The first kappa shape index (κ1) is 28.2. The number of nitrogens with zero attached hydrogens (tertiary/aromatic N) is 3. The molecule has 1 heterocycles. The third-order valence-electron chi connectivity index (χ3n) is 6.12. The smallest absolute Gasteiger partial charge is 0.349 e. The van der Waals surface area contributed by atoms with E-state index in [2.05, 4.69) is 25.0 Å². The Balaban J connectivity index is 0.00000186. The second-order valence-electron chi connectivity index (χ2n) is 8.50. The fourth-order valence-electron chi connectivity index (χ4n) is 4.46. The number of H-pyrrole nitrogens is 1. The van der Waals surface area contributed by atoms with Crippen molar-refractivity contribution < 1.29 is 4.74 Å². The van der Waals surface area contributed by atoms with Crippen LogP contribution in [0.15, 0.2) is 46.0 Å². The number of nitriles is 1. The first-order chi connectivity index (χ1) is 17.8. The SMILES string of the molecule is CC.CC/C=C(\c1cc(Oc2c(Cl)cc(-n3nc(C#N)c(=O)[nH]c3=O)cc2Cl)ccc1C)C1CCCC1. The molecule has 0 atom stereocenters. The number of aryl methyl sites for hydroxylation is 1. The third kappa shape index (κ3) is 6.33. The van der Waals surface area contributed by atoms with Crippen molar-refractivity contribution >= 4 is 28.8 Å². The summed E-state index contributed by atoms with van der Waals surface area (Å²) < 4.78 is 6.96. The van der Waals surface area contributed by atoms with Crippen molar-refractivity contribution in [2.75, 3.05) is 0 Å². The number of hydrogen-bond donors (Lipinski definition) is 1. The van der Waals surface area contributed by atoms with Crippen LogP contribution in [0.4, 0.5) is 0 Å². The van der Waals surface area contributed by atoms with Gasteiger partial charge in [0.15, 0.2) is 5.75 Å². The summed E-state index contributed by atoms with van der Waals surface area (Å²) in [4.78, 5) is 25.9. The maximum atomic E-state index is 12.2. The minimum absolute atomic E-state index is 0.146. The van der Waals surface area contributed by atoms with Crippen LogP contribution in [-0.2, 0) is 0 Å². The number of allylic oxidation sites excluding steroid dienone is 2. The zero-order chi connectivity index (χ0) is 27.1. The van der Waals surface area contributed by atoms with E-state index < -0.39 is 16.9 Å². The van der Waals surface area contributed by atoms with Crippen LogP contribution in [0, 0.1) is 24.2 Å². The highest BCUT2D eigenvalue weighted by Crippen LogP contribution is 2.41. The van der Waals surface area contributed by atoms with Gasteiger partial charge in [0.2, 0.25) is 5.69 Å². The van der Waals surface area contributed by atoms with Crippen LogP contribution in [-0.4, -0.2) is 14.8 Å². The number of hydrogen-bond acceptors (Lipinski definition) is 5. The van der Waals surface area contributed by atoms with Crippen LogP contribution in [0.1, 0.15) is 69.7 Å². The Bertz CT molecular complexity index is 1440. The Hall–Kier alpha value is -3.34. The zero-order valence-electron chi connectivity index (χ0n) is 21.4. The minimum Gasteiger partial charge on any atom is -0.454 e. The molecule has 7 nitrogen and oxygen atoms in total. The number of benzene rings is 2. The standard InChI is InChI=1S/C26H24Cl2N4O3.C2H6/c1-3-6-19(16-7-4-5-8-16)20-13-18(10-9-15(20)2)35-24-21(27)11-17(12-22(24)28)32-26(34)30-25(33)23(14-29)31-32;1-2/h6,9-13,16H,3-5,7-8H2,1-2H3,(H,30,33,34);1-2H3/b19-6-;. The molecule has 0 radical (unpaired) electrons. The average Bonchev–Trinajstić information content (AvgIpc) is 3.42. The summed E-state index contributed by atoms with van der Waals surface area (Å²) in [6.45, 7) is 8.24. The molecule has 1 aliphatic carbocycles. The van der Waals surface area contributed by atoms with Gasteiger partial charge in [-0.15, -0.1) is 5.10 Å². The highest BCUT2D eigenvalue weighted by atomic mass is 35.5. The van der Waals surface area contributed by atoms with Crippen LogP contribution >= 0.6 is 23.2 Å². The van der Waals surface area contributed by atoms with Crippen LogP contribution in [0.2, 0.25) is 10.0 Å². The molecule has 0 saturated heterocycles. The number of nitrogens with one attached hydrogen (secondary N) is 1. The fraction of sp³-hybridized carbons (Fsp3) is 0.357. The predicted molar refractivity (Wildman–Crippen MR) is 148 cm³/mol. The molecule has 194 valence electrons. The molecule has 2 aromatic carbocycles. The molecule has 1 aliphatic rings. The van der Waals surface area contributed by atoms with E-state index in [4.69, 9.17) is 33.2 Å². The van der Waals surface area contributed by atoms with Crippen molar-refractivity contribution in [1.29, 1.82) is 5.26 Å². The quantitative estimate of drug-likeness (QED) is 0.355. The van der Waals surface area contributed by atoms with Gasteiger partial charge in [0.1, 0.15) is 11.8 Å². The maximum absolute atomic E-state index is 12.2. The Morgan fingerprint density at radius 3 is 2.43 bits per heavy atom. The van der Waals surface area contributed by atoms with E-state index in [1.54, 1.807) is 6.07 Å². The average molecular weight is 541 g/mol. The molecule has 0 bridgehead atoms. The Morgan fingerprint density at radius 1 is 1.19 bits per heavy atom. The summed E-state index contributed by atoms with van der Waals surface area (Å²) in [5, 5.41) is 13.1. The molecule has 0 aliphatic heterocycles. The second-order valence-corrected chi connectivity index (χ2v) is 9.31. The lowest BCUT2D eigenvalue weighted by atomic mass is 9.88. The van der Waals surface area contributed by atoms with Crippen LogP contribution < -0.4 is 16.0 Å². The molecular weight excluding hydrogens is 511 g/mol. The number of ether oxygens (including phenoxy) is 1. The summed E-state index contributed by atoms with van der Waals surface area (Å²) in [6.07, 6.45) is 8.16. The first-order valence-corrected chi connectivity index (χ1v) is 13.2. The van der Waals surface area contributed by atoms with E-state index in [-0.39, 0.29) is 21.5 Å². The van der Waals surface area contributed by atoms with Crippen LogP contribution in [0.3, 0.4) is 0 Å². The van der Waals surface area contributed by atoms with Gasteiger partial charge >= 0.3 is 5.69 Å². The summed E-state index contributed by atoms with van der Waals surface area (Å²) in [5.41, 5.74) is 1.74. The topological polar surface area (TPSA) is 101 Å². The Morgan fingerprint density at radius 2 is 1.84 bits per heavy atom. The minimum atomic E-state index is -0.866. The van der Waals surface area contributed by atoms with Gasteiger partial charge in [-0.05, 0) is 73.1 Å². The normalized spacial score (nSPS) is 13.6. The number of aromatic amines is 1. The van der Waals surface area contributed by atoms with Crippen molar-refractivity contribution in [1.82, 2.24) is 14.8 Å². The van der Waals surface area contributed by atoms with Gasteiger partial charge in [-0.25, -0.2) is 4.79 Å². The highest BCUT2D eigenvalue weighted by Gasteiger charge is 2.22. The monoisotopic (exact) mass is 540 g/mol. The van der Waals surface area contributed by atoms with E-state index in [1.807, 2.05) is 37.0 Å². The van der Waals surface area contributed by atoms with E-state index in [0.29, 0.717) is 11.7 Å².